The molecule has 2 N–H and O–H groups in total. The van der Waals surface area contributed by atoms with Crippen LogP contribution in [0, 0.1) is 0 Å². The van der Waals surface area contributed by atoms with Crippen LogP contribution in [0.3, 0.4) is 0 Å². The van der Waals surface area contributed by atoms with Gasteiger partial charge < -0.3 is 19.8 Å². The normalized spacial score (nSPS) is 13.9. The molecule has 0 radical (unpaired) electrons. The molecule has 0 aliphatic carbocycles. The number of nitrogen functional groups attached to an aromatic ring is 1. The summed E-state index contributed by atoms with van der Waals surface area (Å²) in [5.41, 5.74) is 5.61. The number of hydrogen-bond acceptors (Lipinski definition) is 5. The van der Waals surface area contributed by atoms with E-state index in [9.17, 15) is 9.59 Å². The van der Waals surface area contributed by atoms with E-state index in [1.165, 1.54) is 0 Å². The lowest BCUT2D eigenvalue weighted by Gasteiger charge is -1.98. The second-order valence-electron chi connectivity index (χ2n) is 4.06. The molecule has 1 saturated heterocycles. The van der Waals surface area contributed by atoms with Crippen LogP contribution in [0.4, 0.5) is 10.5 Å². The third-order valence-corrected chi connectivity index (χ3v) is 2.63. The number of para-hydroxylation sites is 1. The van der Waals surface area contributed by atoms with E-state index in [1.807, 2.05) is 18.2 Å². The number of nitrogens with two attached hydrogens (primary N) is 1. The summed E-state index contributed by atoms with van der Waals surface area (Å²) < 4.78 is 9.46. The predicted molar refractivity (Wildman–Crippen MR) is 70.9 cm³/mol. The number of rotatable bonds is 0. The van der Waals surface area contributed by atoms with Crippen molar-refractivity contribution in [1.82, 2.24) is 4.90 Å². The predicted octanol–water partition coefficient (Wildman–Crippen LogP) is 1.44. The van der Waals surface area contributed by atoms with E-state index in [4.69, 9.17) is 10.2 Å². The molecule has 2 heterocycles. The first-order valence-electron chi connectivity index (χ1n) is 5.74. The maximum Gasteiger partial charge on any atom is 0.409 e. The smallest absolute Gasteiger partial charge is 0.409 e. The van der Waals surface area contributed by atoms with Crippen LogP contribution in [0.5, 0.6) is 0 Å². The largest absolute Gasteiger partial charge is 0.448 e. The van der Waals surface area contributed by atoms with Crippen molar-refractivity contribution in [3.8, 4) is 0 Å². The van der Waals surface area contributed by atoms with Gasteiger partial charge in [0, 0.05) is 12.4 Å². The van der Waals surface area contributed by atoms with Crippen LogP contribution in [0.15, 0.2) is 39.5 Å². The van der Waals surface area contributed by atoms with Gasteiger partial charge in [-0.25, -0.2) is 9.59 Å². The molecule has 1 fully saturated rings. The van der Waals surface area contributed by atoms with Crippen LogP contribution in [-0.2, 0) is 4.74 Å². The van der Waals surface area contributed by atoms with Crippen molar-refractivity contribution in [2.75, 3.05) is 25.9 Å². The summed E-state index contributed by atoms with van der Waals surface area (Å²) >= 11 is 0. The zero-order valence-electron chi connectivity index (χ0n) is 10.5. The molecule has 1 aliphatic rings. The number of carbonyl (C=O) groups excluding carboxylic acids is 1. The first-order valence-corrected chi connectivity index (χ1v) is 5.74. The van der Waals surface area contributed by atoms with E-state index in [1.54, 1.807) is 24.1 Å². The minimum atomic E-state index is -0.478. The zero-order valence-corrected chi connectivity index (χ0v) is 10.5. The summed E-state index contributed by atoms with van der Waals surface area (Å²) in [7, 11) is 1.72. The molecule has 1 aromatic heterocycles. The lowest BCUT2D eigenvalue weighted by Crippen LogP contribution is -2.17. The molecule has 0 bridgehead atoms. The SMILES string of the molecule is CN1CCOC1=O.Nc1cc2ccccc2oc1=O. The number of carbonyl (C=O) groups is 1. The number of amides is 1. The molecule has 1 aromatic carbocycles. The Balaban J connectivity index is 0.000000163. The van der Waals surface area contributed by atoms with E-state index in [0.717, 1.165) is 11.9 Å². The first kappa shape index (κ1) is 12.9. The van der Waals surface area contributed by atoms with Gasteiger partial charge in [0.15, 0.2) is 0 Å². The second-order valence-corrected chi connectivity index (χ2v) is 4.06. The van der Waals surface area contributed by atoms with Gasteiger partial charge in [-0.1, -0.05) is 18.2 Å². The molecule has 6 nitrogen and oxygen atoms in total. The third kappa shape index (κ3) is 3.04. The number of fused-ring (bicyclic) bond motifs is 1. The number of benzene rings is 1. The summed E-state index contributed by atoms with van der Waals surface area (Å²) in [5.74, 6) is 0. The number of cyclic esters (lactones) is 1. The summed E-state index contributed by atoms with van der Waals surface area (Å²) in [6.07, 6.45) is -0.208. The molecule has 2 aromatic rings. The minimum absolute atomic E-state index is 0.147. The Labute approximate surface area is 109 Å². The fourth-order valence-corrected chi connectivity index (χ4v) is 1.55. The number of anilines is 1. The summed E-state index contributed by atoms with van der Waals surface area (Å²) in [5, 5.41) is 0.842. The number of hydrogen-bond donors (Lipinski definition) is 1. The molecule has 100 valence electrons. The first-order chi connectivity index (χ1) is 9.08. The lowest BCUT2D eigenvalue weighted by atomic mass is 10.2. The monoisotopic (exact) mass is 262 g/mol. The highest BCUT2D eigenvalue weighted by Gasteiger charge is 2.15. The van der Waals surface area contributed by atoms with Crippen LogP contribution in [-0.4, -0.2) is 31.2 Å². The fraction of sp³-hybridized carbons (Fsp3) is 0.231. The molecule has 6 heteroatoms. The van der Waals surface area contributed by atoms with Crippen LogP contribution in [0.2, 0.25) is 0 Å². The van der Waals surface area contributed by atoms with Crippen LogP contribution in [0.25, 0.3) is 11.0 Å². The number of ether oxygens (including phenoxy) is 1. The molecular weight excluding hydrogens is 248 g/mol. The van der Waals surface area contributed by atoms with Crippen LogP contribution in [0.1, 0.15) is 0 Å². The van der Waals surface area contributed by atoms with E-state index in [2.05, 4.69) is 4.74 Å². The Morgan fingerprint density at radius 3 is 2.58 bits per heavy atom. The van der Waals surface area contributed by atoms with Crippen molar-refractivity contribution in [3.05, 3.63) is 40.8 Å². The van der Waals surface area contributed by atoms with Gasteiger partial charge in [-0.15, -0.1) is 0 Å². The second kappa shape index (κ2) is 5.43. The average Bonchev–Trinajstić information content (AvgIpc) is 2.76. The molecule has 19 heavy (non-hydrogen) atoms. The van der Waals surface area contributed by atoms with Gasteiger partial charge in [0.05, 0.1) is 6.54 Å². The van der Waals surface area contributed by atoms with E-state index in [0.29, 0.717) is 12.2 Å². The zero-order chi connectivity index (χ0) is 13.8. The summed E-state index contributed by atoms with van der Waals surface area (Å²) in [6, 6.07) is 8.86. The van der Waals surface area contributed by atoms with Gasteiger partial charge in [-0.3, -0.25) is 0 Å². The van der Waals surface area contributed by atoms with Crippen molar-refractivity contribution in [2.45, 2.75) is 0 Å². The van der Waals surface area contributed by atoms with Crippen LogP contribution < -0.4 is 11.4 Å². The van der Waals surface area contributed by atoms with Crippen molar-refractivity contribution in [3.63, 3.8) is 0 Å². The van der Waals surface area contributed by atoms with E-state index >= 15 is 0 Å². The highest BCUT2D eigenvalue weighted by atomic mass is 16.6. The molecule has 0 saturated carbocycles. The van der Waals surface area contributed by atoms with Gasteiger partial charge in [-0.2, -0.15) is 0 Å². The van der Waals surface area contributed by atoms with Crippen LogP contribution >= 0.6 is 0 Å². The van der Waals surface area contributed by atoms with Gasteiger partial charge in [0.1, 0.15) is 17.9 Å². The van der Waals surface area contributed by atoms with Crippen molar-refractivity contribution < 1.29 is 13.9 Å². The Morgan fingerprint density at radius 1 is 1.26 bits per heavy atom. The highest BCUT2D eigenvalue weighted by Crippen LogP contribution is 2.12. The lowest BCUT2D eigenvalue weighted by molar-refractivity contribution is 0.163. The van der Waals surface area contributed by atoms with Gasteiger partial charge >= 0.3 is 11.7 Å². The Hall–Kier alpha value is -2.50. The molecule has 1 aliphatic heterocycles. The molecule has 0 atom stereocenters. The maximum atomic E-state index is 10.9. The van der Waals surface area contributed by atoms with Crippen molar-refractivity contribution >= 4 is 22.7 Å². The molecule has 3 rings (SSSR count). The molecule has 0 unspecified atom stereocenters. The summed E-state index contributed by atoms with van der Waals surface area (Å²) in [4.78, 5) is 22.8. The average molecular weight is 262 g/mol. The topological polar surface area (TPSA) is 85.8 Å². The molecule has 1 amide bonds. The van der Waals surface area contributed by atoms with E-state index < -0.39 is 5.63 Å². The Morgan fingerprint density at radius 2 is 2.00 bits per heavy atom. The quantitative estimate of drug-likeness (QED) is 0.726. The Bertz CT molecular complexity index is 650. The van der Waals surface area contributed by atoms with Gasteiger partial charge in [0.25, 0.3) is 0 Å². The summed E-state index contributed by atoms with van der Waals surface area (Å²) in [6.45, 7) is 1.29. The van der Waals surface area contributed by atoms with Crippen molar-refractivity contribution in [2.24, 2.45) is 0 Å². The highest BCUT2D eigenvalue weighted by molar-refractivity contribution is 5.78. The van der Waals surface area contributed by atoms with Gasteiger partial charge in [-0.05, 0) is 12.1 Å². The number of likely N-dealkylation sites (N-methyl/N-ethyl adjacent to an activating group) is 1. The fourth-order valence-electron chi connectivity index (χ4n) is 1.55. The molecular formula is C13H14N2O4. The minimum Gasteiger partial charge on any atom is -0.448 e. The maximum absolute atomic E-state index is 10.9. The standard InChI is InChI=1S/C9H7NO2.C4H7NO2/c10-7-5-6-3-1-2-4-8(6)12-9(7)11;1-5-2-3-7-4(5)6/h1-5H,10H2;2-3H2,1H3. The molecule has 0 spiro atoms. The number of nitrogens with zero attached hydrogens (tertiary/aromatic N) is 1. The third-order valence-electron chi connectivity index (χ3n) is 2.63. The Kier molecular flexibility index (Phi) is 3.70. The van der Waals surface area contributed by atoms with E-state index in [-0.39, 0.29) is 11.8 Å². The van der Waals surface area contributed by atoms with Crippen molar-refractivity contribution in [1.29, 1.82) is 0 Å². The van der Waals surface area contributed by atoms with Gasteiger partial charge in [0.2, 0.25) is 0 Å².